The van der Waals surface area contributed by atoms with Crippen molar-refractivity contribution in [2.75, 3.05) is 18.0 Å². The SMILES string of the molecule is Cc1cc(N2CCC(C(=O)O)CC2)ccc1C1CCC(=O)NC1=O. The van der Waals surface area contributed by atoms with Crippen LogP contribution in [0, 0.1) is 12.8 Å². The van der Waals surface area contributed by atoms with E-state index >= 15 is 0 Å². The summed E-state index contributed by atoms with van der Waals surface area (Å²) in [6, 6.07) is 6.02. The molecule has 3 rings (SSSR count). The molecule has 24 heavy (non-hydrogen) atoms. The molecule has 6 heteroatoms. The second kappa shape index (κ2) is 6.63. The van der Waals surface area contributed by atoms with E-state index in [0.29, 0.717) is 25.7 Å². The molecule has 2 amide bonds. The van der Waals surface area contributed by atoms with Crippen LogP contribution < -0.4 is 10.2 Å². The van der Waals surface area contributed by atoms with Crippen LogP contribution in [0.4, 0.5) is 5.69 Å². The molecule has 6 nitrogen and oxygen atoms in total. The van der Waals surface area contributed by atoms with Crippen LogP contribution >= 0.6 is 0 Å². The Labute approximate surface area is 140 Å². The molecule has 2 aliphatic heterocycles. The number of aliphatic carboxylic acids is 1. The van der Waals surface area contributed by atoms with Crippen LogP contribution in [0.15, 0.2) is 18.2 Å². The summed E-state index contributed by atoms with van der Waals surface area (Å²) in [7, 11) is 0. The first kappa shape index (κ1) is 16.5. The van der Waals surface area contributed by atoms with Gasteiger partial charge in [-0.2, -0.15) is 0 Å². The Morgan fingerprint density at radius 2 is 1.92 bits per heavy atom. The van der Waals surface area contributed by atoms with Gasteiger partial charge >= 0.3 is 5.97 Å². The molecule has 0 spiro atoms. The van der Waals surface area contributed by atoms with Gasteiger partial charge in [0.15, 0.2) is 0 Å². The number of aryl methyl sites for hydroxylation is 1. The normalized spacial score (nSPS) is 22.4. The molecule has 2 fully saturated rings. The highest BCUT2D eigenvalue weighted by Gasteiger charge is 2.29. The summed E-state index contributed by atoms with van der Waals surface area (Å²) < 4.78 is 0. The standard InChI is InChI=1S/C18H22N2O4/c1-11-10-13(20-8-6-12(7-9-20)18(23)24)2-3-14(11)15-4-5-16(21)19-17(15)22/h2-3,10,12,15H,4-9H2,1H3,(H,23,24)(H,19,21,22). The van der Waals surface area contributed by atoms with Crippen LogP contribution in [0.25, 0.3) is 0 Å². The summed E-state index contributed by atoms with van der Waals surface area (Å²) >= 11 is 0. The van der Waals surface area contributed by atoms with Crippen LogP contribution in [0.3, 0.4) is 0 Å². The van der Waals surface area contributed by atoms with Crippen molar-refractivity contribution < 1.29 is 19.5 Å². The molecule has 1 unspecified atom stereocenters. The average Bonchev–Trinajstić information content (AvgIpc) is 2.55. The van der Waals surface area contributed by atoms with Crippen LogP contribution in [0.5, 0.6) is 0 Å². The van der Waals surface area contributed by atoms with E-state index in [-0.39, 0.29) is 23.7 Å². The Morgan fingerprint density at radius 1 is 1.21 bits per heavy atom. The minimum atomic E-state index is -0.709. The predicted octanol–water partition coefficient (Wildman–Crippen LogP) is 1.82. The van der Waals surface area contributed by atoms with Gasteiger partial charge in [0.25, 0.3) is 0 Å². The number of nitrogens with one attached hydrogen (secondary N) is 1. The topological polar surface area (TPSA) is 86.7 Å². The number of piperidine rings is 2. The van der Waals surface area contributed by atoms with Crippen LogP contribution in [-0.2, 0) is 14.4 Å². The predicted molar refractivity (Wildman–Crippen MR) is 88.9 cm³/mol. The highest BCUT2D eigenvalue weighted by molar-refractivity contribution is 6.01. The third kappa shape index (κ3) is 3.27. The quantitative estimate of drug-likeness (QED) is 0.826. The summed E-state index contributed by atoms with van der Waals surface area (Å²) in [5, 5.41) is 11.5. The molecule has 1 aromatic rings. The van der Waals surface area contributed by atoms with E-state index in [1.165, 1.54) is 0 Å². The van der Waals surface area contributed by atoms with Crippen LogP contribution in [0.2, 0.25) is 0 Å². The Bertz CT molecular complexity index is 678. The zero-order valence-electron chi connectivity index (χ0n) is 13.7. The molecule has 2 heterocycles. The number of carbonyl (C=O) groups excluding carboxylic acids is 2. The lowest BCUT2D eigenvalue weighted by atomic mass is 9.87. The van der Waals surface area contributed by atoms with Crippen molar-refractivity contribution in [3.05, 3.63) is 29.3 Å². The number of nitrogens with zero attached hydrogens (tertiary/aromatic N) is 1. The lowest BCUT2D eigenvalue weighted by molar-refractivity contribution is -0.142. The van der Waals surface area contributed by atoms with Gasteiger partial charge in [-0.25, -0.2) is 0 Å². The number of hydrogen-bond acceptors (Lipinski definition) is 4. The van der Waals surface area contributed by atoms with Gasteiger partial charge in [0.1, 0.15) is 0 Å². The zero-order valence-corrected chi connectivity index (χ0v) is 13.7. The maximum Gasteiger partial charge on any atom is 0.306 e. The van der Waals surface area contributed by atoms with Crippen molar-refractivity contribution in [2.45, 2.75) is 38.5 Å². The highest BCUT2D eigenvalue weighted by atomic mass is 16.4. The number of rotatable bonds is 3. The van der Waals surface area contributed by atoms with Crippen LogP contribution in [-0.4, -0.2) is 36.0 Å². The van der Waals surface area contributed by atoms with Crippen molar-refractivity contribution in [1.29, 1.82) is 0 Å². The Hall–Kier alpha value is -2.37. The first-order chi connectivity index (χ1) is 11.5. The van der Waals surface area contributed by atoms with Crippen molar-refractivity contribution in [2.24, 2.45) is 5.92 Å². The summed E-state index contributed by atoms with van der Waals surface area (Å²) in [5.74, 6) is -1.64. The second-order valence-corrected chi connectivity index (χ2v) is 6.64. The molecule has 0 aliphatic carbocycles. The number of benzene rings is 1. The van der Waals surface area contributed by atoms with Crippen molar-refractivity contribution in [3.63, 3.8) is 0 Å². The highest BCUT2D eigenvalue weighted by Crippen LogP contribution is 2.31. The average molecular weight is 330 g/mol. The van der Waals surface area contributed by atoms with Gasteiger partial charge in [-0.15, -0.1) is 0 Å². The number of carboxylic acid groups (broad SMARTS) is 1. The number of imide groups is 1. The van der Waals surface area contributed by atoms with E-state index in [0.717, 1.165) is 29.9 Å². The fraction of sp³-hybridized carbons (Fsp3) is 0.500. The van der Waals surface area contributed by atoms with E-state index in [1.54, 1.807) is 0 Å². The molecule has 2 N–H and O–H groups in total. The van der Waals surface area contributed by atoms with E-state index in [4.69, 9.17) is 5.11 Å². The Kier molecular flexibility index (Phi) is 4.55. The molecule has 2 aliphatic rings. The maximum absolute atomic E-state index is 12.0. The number of carboxylic acids is 1. The van der Waals surface area contributed by atoms with Gasteiger partial charge in [-0.1, -0.05) is 6.07 Å². The van der Waals surface area contributed by atoms with E-state index in [9.17, 15) is 14.4 Å². The fourth-order valence-electron chi connectivity index (χ4n) is 3.62. The van der Waals surface area contributed by atoms with Gasteiger partial charge in [0.05, 0.1) is 11.8 Å². The van der Waals surface area contributed by atoms with Crippen LogP contribution in [0.1, 0.15) is 42.7 Å². The van der Waals surface area contributed by atoms with E-state index in [2.05, 4.69) is 16.3 Å². The van der Waals surface area contributed by atoms with Crippen molar-refractivity contribution >= 4 is 23.5 Å². The van der Waals surface area contributed by atoms with Crippen molar-refractivity contribution in [3.8, 4) is 0 Å². The largest absolute Gasteiger partial charge is 0.481 e. The number of anilines is 1. The van der Waals surface area contributed by atoms with Crippen molar-refractivity contribution in [1.82, 2.24) is 5.32 Å². The first-order valence-electron chi connectivity index (χ1n) is 8.37. The molecule has 0 bridgehead atoms. The van der Waals surface area contributed by atoms with Gasteiger partial charge in [0, 0.05) is 25.2 Å². The third-order valence-corrected chi connectivity index (χ3v) is 5.08. The van der Waals surface area contributed by atoms with Gasteiger partial charge in [-0.05, 0) is 49.4 Å². The molecule has 1 aromatic carbocycles. The molecule has 0 saturated carbocycles. The molecule has 128 valence electrons. The molecular weight excluding hydrogens is 308 g/mol. The number of hydrogen-bond donors (Lipinski definition) is 2. The number of amides is 2. The molecule has 0 aromatic heterocycles. The molecular formula is C18H22N2O4. The summed E-state index contributed by atoms with van der Waals surface area (Å²) in [6.07, 6.45) is 2.24. The Morgan fingerprint density at radius 3 is 2.50 bits per heavy atom. The minimum Gasteiger partial charge on any atom is -0.481 e. The first-order valence-corrected chi connectivity index (χ1v) is 8.37. The van der Waals surface area contributed by atoms with E-state index in [1.807, 2.05) is 19.1 Å². The lowest BCUT2D eigenvalue weighted by Crippen LogP contribution is -2.39. The van der Waals surface area contributed by atoms with Gasteiger partial charge in [-0.3, -0.25) is 19.7 Å². The summed E-state index contributed by atoms with van der Waals surface area (Å²) in [5.41, 5.74) is 3.05. The smallest absolute Gasteiger partial charge is 0.306 e. The molecule has 1 atom stereocenters. The summed E-state index contributed by atoms with van der Waals surface area (Å²) in [4.78, 5) is 36.6. The third-order valence-electron chi connectivity index (χ3n) is 5.08. The minimum absolute atomic E-state index is 0.202. The number of carbonyl (C=O) groups is 3. The maximum atomic E-state index is 12.0. The zero-order chi connectivity index (χ0) is 17.3. The molecule has 0 radical (unpaired) electrons. The monoisotopic (exact) mass is 330 g/mol. The van der Waals surface area contributed by atoms with Gasteiger partial charge < -0.3 is 10.0 Å². The summed E-state index contributed by atoms with van der Waals surface area (Å²) in [6.45, 7) is 3.44. The fourth-order valence-corrected chi connectivity index (χ4v) is 3.62. The van der Waals surface area contributed by atoms with Gasteiger partial charge in [0.2, 0.25) is 11.8 Å². The van der Waals surface area contributed by atoms with E-state index < -0.39 is 5.97 Å². The lowest BCUT2D eigenvalue weighted by Gasteiger charge is -2.32. The Balaban J connectivity index is 1.72. The second-order valence-electron chi connectivity index (χ2n) is 6.64. The molecule has 2 saturated heterocycles.